The van der Waals surface area contributed by atoms with Crippen LogP contribution >= 0.6 is 11.6 Å². The van der Waals surface area contributed by atoms with E-state index in [0.717, 1.165) is 11.1 Å². The van der Waals surface area contributed by atoms with Crippen LogP contribution in [-0.2, 0) is 0 Å². The molecule has 0 bridgehead atoms. The Morgan fingerprint density at radius 1 is 1.19 bits per heavy atom. The van der Waals surface area contributed by atoms with E-state index >= 15 is 0 Å². The van der Waals surface area contributed by atoms with Gasteiger partial charge in [0, 0.05) is 11.1 Å². The van der Waals surface area contributed by atoms with Gasteiger partial charge >= 0.3 is 0 Å². The summed E-state index contributed by atoms with van der Waals surface area (Å²) >= 11 is 5.99. The van der Waals surface area contributed by atoms with E-state index in [-0.39, 0.29) is 5.91 Å². The highest BCUT2D eigenvalue weighted by atomic mass is 35.5. The molecule has 104 valence electrons. The van der Waals surface area contributed by atoms with E-state index in [9.17, 15) is 4.79 Å². The molecule has 5 heteroatoms. The number of nitrogens with zero attached hydrogens (tertiary/aromatic N) is 2. The van der Waals surface area contributed by atoms with Crippen LogP contribution in [0.4, 0.5) is 5.69 Å². The number of carbonyl (C=O) groups is 1. The molecule has 0 radical (unpaired) electrons. The van der Waals surface area contributed by atoms with Crippen molar-refractivity contribution < 1.29 is 4.79 Å². The van der Waals surface area contributed by atoms with Crippen molar-refractivity contribution in [2.24, 2.45) is 0 Å². The Balaban J connectivity index is 1.99. The van der Waals surface area contributed by atoms with Crippen LogP contribution in [-0.4, -0.2) is 15.9 Å². The highest BCUT2D eigenvalue weighted by molar-refractivity contribution is 6.30. The molecular weight excluding hydrogens is 286 g/mol. The van der Waals surface area contributed by atoms with Gasteiger partial charge < -0.3 is 5.32 Å². The maximum Gasteiger partial charge on any atom is 0.256 e. The van der Waals surface area contributed by atoms with Crippen molar-refractivity contribution in [1.82, 2.24) is 9.97 Å². The quantitative estimate of drug-likeness (QED) is 0.731. The summed E-state index contributed by atoms with van der Waals surface area (Å²) in [5.41, 5.74) is 2.72. The molecule has 0 aliphatic rings. The molecule has 4 nitrogen and oxygen atoms in total. The summed E-state index contributed by atoms with van der Waals surface area (Å²) in [5, 5.41) is 3.87. The van der Waals surface area contributed by atoms with Gasteiger partial charge in [-0.3, -0.25) is 9.78 Å². The summed E-state index contributed by atoms with van der Waals surface area (Å²) < 4.78 is 0. The predicted octanol–water partition coefficient (Wildman–Crippen LogP) is 3.84. The third kappa shape index (κ3) is 2.85. The minimum atomic E-state index is -0.235. The van der Waals surface area contributed by atoms with E-state index in [0.29, 0.717) is 21.9 Å². The lowest BCUT2D eigenvalue weighted by molar-refractivity contribution is 0.102. The van der Waals surface area contributed by atoms with E-state index in [2.05, 4.69) is 15.3 Å². The summed E-state index contributed by atoms with van der Waals surface area (Å²) in [6.45, 7) is 1.89. The second-order valence-corrected chi connectivity index (χ2v) is 5.04. The largest absolute Gasteiger partial charge is 0.321 e. The van der Waals surface area contributed by atoms with Crippen LogP contribution in [0.3, 0.4) is 0 Å². The topological polar surface area (TPSA) is 54.9 Å². The lowest BCUT2D eigenvalue weighted by Gasteiger charge is -2.08. The predicted molar refractivity (Wildman–Crippen MR) is 83.7 cm³/mol. The molecule has 3 aromatic rings. The lowest BCUT2D eigenvalue weighted by Crippen LogP contribution is -2.13. The zero-order chi connectivity index (χ0) is 14.8. The van der Waals surface area contributed by atoms with Gasteiger partial charge in [-0.1, -0.05) is 29.8 Å². The van der Waals surface area contributed by atoms with E-state index in [4.69, 9.17) is 11.6 Å². The van der Waals surface area contributed by atoms with E-state index in [1.807, 2.05) is 43.3 Å². The van der Waals surface area contributed by atoms with Gasteiger partial charge in [-0.15, -0.1) is 0 Å². The first kappa shape index (κ1) is 13.5. The Morgan fingerprint density at radius 3 is 2.76 bits per heavy atom. The number of rotatable bonds is 2. The van der Waals surface area contributed by atoms with E-state index in [1.165, 1.54) is 0 Å². The van der Waals surface area contributed by atoms with Crippen LogP contribution in [0.25, 0.3) is 10.9 Å². The maximum absolute atomic E-state index is 12.4. The van der Waals surface area contributed by atoms with Crippen molar-refractivity contribution in [3.8, 4) is 0 Å². The van der Waals surface area contributed by atoms with Crippen LogP contribution in [0.1, 0.15) is 16.1 Å². The number of hydrogen-bond acceptors (Lipinski definition) is 3. The second kappa shape index (κ2) is 5.50. The molecule has 0 fully saturated rings. The Labute approximate surface area is 126 Å². The molecule has 3 rings (SSSR count). The van der Waals surface area contributed by atoms with Gasteiger partial charge in [0.25, 0.3) is 5.91 Å². The molecule has 0 atom stereocenters. The first-order valence-corrected chi connectivity index (χ1v) is 6.80. The van der Waals surface area contributed by atoms with Crippen molar-refractivity contribution >= 4 is 34.1 Å². The molecule has 0 unspecified atom stereocenters. The first-order valence-electron chi connectivity index (χ1n) is 6.43. The molecule has 2 heterocycles. The SMILES string of the molecule is Cc1ccc(NC(=O)c2cc(Cl)nc3ccccc23)cn1. The standard InChI is InChI=1S/C16H12ClN3O/c1-10-6-7-11(9-18-10)19-16(21)13-8-15(17)20-14-5-3-2-4-12(13)14/h2-9H,1H3,(H,19,21). The minimum Gasteiger partial charge on any atom is -0.321 e. The number of halogens is 1. The lowest BCUT2D eigenvalue weighted by atomic mass is 10.1. The molecule has 0 spiro atoms. The molecule has 1 amide bonds. The van der Waals surface area contributed by atoms with Gasteiger partial charge in [0.05, 0.1) is 23.0 Å². The normalized spacial score (nSPS) is 10.6. The molecule has 0 aliphatic heterocycles. The molecule has 0 saturated heterocycles. The number of aryl methyl sites for hydroxylation is 1. The molecule has 1 N–H and O–H groups in total. The van der Waals surface area contributed by atoms with Gasteiger partial charge in [0.15, 0.2) is 0 Å². The van der Waals surface area contributed by atoms with Gasteiger partial charge in [-0.05, 0) is 31.2 Å². The molecule has 2 aromatic heterocycles. The van der Waals surface area contributed by atoms with Gasteiger partial charge in [-0.2, -0.15) is 0 Å². The third-order valence-electron chi connectivity index (χ3n) is 3.10. The first-order chi connectivity index (χ1) is 10.1. The fraction of sp³-hybridized carbons (Fsp3) is 0.0625. The van der Waals surface area contributed by atoms with Crippen molar-refractivity contribution in [2.75, 3.05) is 5.32 Å². The molecule has 0 saturated carbocycles. The minimum absolute atomic E-state index is 0.235. The molecule has 21 heavy (non-hydrogen) atoms. The summed E-state index contributed by atoms with van der Waals surface area (Å²) in [5.74, 6) is -0.235. The zero-order valence-corrected chi connectivity index (χ0v) is 12.1. The van der Waals surface area contributed by atoms with Crippen LogP contribution in [0.2, 0.25) is 5.15 Å². The number of pyridine rings is 2. The van der Waals surface area contributed by atoms with E-state index < -0.39 is 0 Å². The molecule has 0 aliphatic carbocycles. The average molecular weight is 298 g/mol. The average Bonchev–Trinajstić information content (AvgIpc) is 2.48. The Kier molecular flexibility index (Phi) is 3.54. The van der Waals surface area contributed by atoms with Crippen molar-refractivity contribution in [1.29, 1.82) is 0 Å². The number of carbonyl (C=O) groups excluding carboxylic acids is 1. The molecular formula is C16H12ClN3O. The number of nitrogens with one attached hydrogen (secondary N) is 1. The fourth-order valence-corrected chi connectivity index (χ4v) is 2.27. The van der Waals surface area contributed by atoms with Crippen LogP contribution in [0.15, 0.2) is 48.7 Å². The number of para-hydroxylation sites is 1. The number of benzene rings is 1. The Bertz CT molecular complexity index is 815. The summed E-state index contributed by atoms with van der Waals surface area (Å²) in [4.78, 5) is 20.8. The van der Waals surface area contributed by atoms with Gasteiger partial charge in [0.2, 0.25) is 0 Å². The van der Waals surface area contributed by atoms with Crippen LogP contribution in [0, 0.1) is 6.92 Å². The second-order valence-electron chi connectivity index (χ2n) is 4.65. The van der Waals surface area contributed by atoms with Crippen molar-refractivity contribution in [3.63, 3.8) is 0 Å². The highest BCUT2D eigenvalue weighted by Gasteiger charge is 2.12. The number of aromatic nitrogens is 2. The van der Waals surface area contributed by atoms with E-state index in [1.54, 1.807) is 12.3 Å². The number of hydrogen-bond donors (Lipinski definition) is 1. The fourth-order valence-electron chi connectivity index (χ4n) is 2.07. The number of fused-ring (bicyclic) bond motifs is 1. The number of amides is 1. The van der Waals surface area contributed by atoms with Crippen molar-refractivity contribution in [2.45, 2.75) is 6.92 Å². The molecule has 1 aromatic carbocycles. The van der Waals surface area contributed by atoms with Crippen LogP contribution < -0.4 is 5.32 Å². The summed E-state index contributed by atoms with van der Waals surface area (Å²) in [6.07, 6.45) is 1.62. The highest BCUT2D eigenvalue weighted by Crippen LogP contribution is 2.21. The summed E-state index contributed by atoms with van der Waals surface area (Å²) in [7, 11) is 0. The Hall–Kier alpha value is -2.46. The van der Waals surface area contributed by atoms with Gasteiger partial charge in [-0.25, -0.2) is 4.98 Å². The Morgan fingerprint density at radius 2 is 2.00 bits per heavy atom. The maximum atomic E-state index is 12.4. The summed E-state index contributed by atoms with van der Waals surface area (Å²) in [6, 6.07) is 12.6. The van der Waals surface area contributed by atoms with Crippen molar-refractivity contribution in [3.05, 3.63) is 65.1 Å². The zero-order valence-electron chi connectivity index (χ0n) is 11.3. The van der Waals surface area contributed by atoms with Gasteiger partial charge in [0.1, 0.15) is 5.15 Å². The monoisotopic (exact) mass is 297 g/mol. The smallest absolute Gasteiger partial charge is 0.256 e. The number of anilines is 1. The van der Waals surface area contributed by atoms with Crippen LogP contribution in [0.5, 0.6) is 0 Å². The third-order valence-corrected chi connectivity index (χ3v) is 3.29.